The monoisotopic (exact) mass is 316 g/mol. The standard InChI is InChI=1S/C18H21ClN2O/c19-17-4-2-1-3-16(17)18(7-11-22-12-8-18)14-21-13-15-5-9-20-10-6-15/h1-6,9-10,21H,7-8,11-14H2. The Kier molecular flexibility index (Phi) is 5.08. The molecule has 0 aliphatic carbocycles. The van der Waals surface area contributed by atoms with Crippen molar-refractivity contribution in [2.45, 2.75) is 24.8 Å². The molecule has 1 saturated heterocycles. The van der Waals surface area contributed by atoms with E-state index in [0.29, 0.717) is 0 Å². The molecule has 0 amide bonds. The van der Waals surface area contributed by atoms with Gasteiger partial charge in [-0.1, -0.05) is 29.8 Å². The molecule has 0 atom stereocenters. The van der Waals surface area contributed by atoms with Crippen LogP contribution in [0.4, 0.5) is 0 Å². The Morgan fingerprint density at radius 3 is 2.55 bits per heavy atom. The van der Waals surface area contributed by atoms with Crippen LogP contribution in [-0.4, -0.2) is 24.7 Å². The first-order valence-corrected chi connectivity index (χ1v) is 8.10. The normalized spacial score (nSPS) is 17.3. The van der Waals surface area contributed by atoms with Crippen molar-refractivity contribution in [3.8, 4) is 0 Å². The van der Waals surface area contributed by atoms with Gasteiger partial charge in [-0.15, -0.1) is 0 Å². The lowest BCUT2D eigenvalue weighted by molar-refractivity contribution is 0.0498. The Labute approximate surface area is 136 Å². The van der Waals surface area contributed by atoms with Crippen molar-refractivity contribution < 1.29 is 4.74 Å². The highest BCUT2D eigenvalue weighted by Crippen LogP contribution is 2.38. The lowest BCUT2D eigenvalue weighted by Gasteiger charge is -2.38. The summed E-state index contributed by atoms with van der Waals surface area (Å²) in [6.07, 6.45) is 5.66. The fraction of sp³-hybridized carbons (Fsp3) is 0.389. The topological polar surface area (TPSA) is 34.2 Å². The number of halogens is 1. The van der Waals surface area contributed by atoms with E-state index in [4.69, 9.17) is 16.3 Å². The molecule has 22 heavy (non-hydrogen) atoms. The van der Waals surface area contributed by atoms with Gasteiger partial charge in [0.2, 0.25) is 0 Å². The van der Waals surface area contributed by atoms with Gasteiger partial charge in [-0.05, 0) is 42.2 Å². The van der Waals surface area contributed by atoms with E-state index < -0.39 is 0 Å². The van der Waals surface area contributed by atoms with Gasteiger partial charge >= 0.3 is 0 Å². The van der Waals surface area contributed by atoms with Crippen molar-refractivity contribution >= 4 is 11.6 Å². The summed E-state index contributed by atoms with van der Waals surface area (Å²) in [7, 11) is 0. The van der Waals surface area contributed by atoms with Gasteiger partial charge in [0.1, 0.15) is 0 Å². The molecule has 3 rings (SSSR count). The molecule has 1 aromatic carbocycles. The highest BCUT2D eigenvalue weighted by atomic mass is 35.5. The molecule has 4 heteroatoms. The van der Waals surface area contributed by atoms with E-state index in [0.717, 1.165) is 44.2 Å². The van der Waals surface area contributed by atoms with Crippen LogP contribution >= 0.6 is 11.6 Å². The zero-order chi connectivity index (χ0) is 15.3. The third-order valence-electron chi connectivity index (χ3n) is 4.44. The Morgan fingerprint density at radius 1 is 1.09 bits per heavy atom. The molecule has 2 heterocycles. The minimum Gasteiger partial charge on any atom is -0.381 e. The van der Waals surface area contributed by atoms with Gasteiger partial charge in [-0.3, -0.25) is 4.98 Å². The van der Waals surface area contributed by atoms with Crippen LogP contribution in [-0.2, 0) is 16.7 Å². The summed E-state index contributed by atoms with van der Waals surface area (Å²) in [6, 6.07) is 12.3. The molecule has 0 saturated carbocycles. The summed E-state index contributed by atoms with van der Waals surface area (Å²) in [5.74, 6) is 0. The SMILES string of the molecule is Clc1ccccc1C1(CNCc2ccncc2)CCOCC1. The average molecular weight is 317 g/mol. The van der Waals surface area contributed by atoms with Gasteiger partial charge in [-0.2, -0.15) is 0 Å². The van der Waals surface area contributed by atoms with Crippen molar-refractivity contribution in [3.63, 3.8) is 0 Å². The van der Waals surface area contributed by atoms with E-state index in [1.54, 1.807) is 0 Å². The van der Waals surface area contributed by atoms with Crippen LogP contribution in [0, 0.1) is 0 Å². The second kappa shape index (κ2) is 7.23. The predicted octanol–water partition coefficient (Wildman–Crippen LogP) is 3.57. The molecular weight excluding hydrogens is 296 g/mol. The minimum absolute atomic E-state index is 0.0592. The highest BCUT2D eigenvalue weighted by Gasteiger charge is 2.35. The summed E-state index contributed by atoms with van der Waals surface area (Å²) < 4.78 is 5.57. The smallest absolute Gasteiger partial charge is 0.0475 e. The van der Waals surface area contributed by atoms with E-state index in [2.05, 4.69) is 22.4 Å². The van der Waals surface area contributed by atoms with Crippen molar-refractivity contribution in [1.29, 1.82) is 0 Å². The second-order valence-electron chi connectivity index (χ2n) is 5.83. The third kappa shape index (κ3) is 3.49. The molecule has 1 aliphatic heterocycles. The number of ether oxygens (including phenoxy) is 1. The van der Waals surface area contributed by atoms with Gasteiger partial charge in [0.05, 0.1) is 0 Å². The van der Waals surface area contributed by atoms with E-state index in [1.807, 2.05) is 36.7 Å². The van der Waals surface area contributed by atoms with E-state index in [9.17, 15) is 0 Å². The quantitative estimate of drug-likeness (QED) is 0.915. The molecule has 0 bridgehead atoms. The summed E-state index contributed by atoms with van der Waals surface area (Å²) in [6.45, 7) is 3.34. The summed E-state index contributed by atoms with van der Waals surface area (Å²) >= 11 is 6.47. The van der Waals surface area contributed by atoms with Crippen LogP contribution in [0.3, 0.4) is 0 Å². The molecule has 1 aromatic heterocycles. The largest absolute Gasteiger partial charge is 0.381 e. The van der Waals surface area contributed by atoms with Crippen LogP contribution in [0.25, 0.3) is 0 Å². The van der Waals surface area contributed by atoms with Gasteiger partial charge in [0, 0.05) is 49.1 Å². The van der Waals surface area contributed by atoms with Crippen LogP contribution in [0.1, 0.15) is 24.0 Å². The second-order valence-corrected chi connectivity index (χ2v) is 6.24. The summed E-state index contributed by atoms with van der Waals surface area (Å²) in [4.78, 5) is 4.05. The number of hydrogen-bond acceptors (Lipinski definition) is 3. The van der Waals surface area contributed by atoms with Crippen LogP contribution < -0.4 is 5.32 Å². The van der Waals surface area contributed by atoms with E-state index >= 15 is 0 Å². The molecule has 0 unspecified atom stereocenters. The Hall–Kier alpha value is -1.42. The molecule has 1 aliphatic rings. The number of nitrogens with zero attached hydrogens (tertiary/aromatic N) is 1. The van der Waals surface area contributed by atoms with E-state index in [1.165, 1.54) is 11.1 Å². The van der Waals surface area contributed by atoms with Crippen molar-refractivity contribution in [2.75, 3.05) is 19.8 Å². The molecule has 2 aromatic rings. The lowest BCUT2D eigenvalue weighted by Crippen LogP contribution is -2.42. The number of hydrogen-bond donors (Lipinski definition) is 1. The zero-order valence-corrected chi connectivity index (χ0v) is 13.4. The van der Waals surface area contributed by atoms with Crippen molar-refractivity contribution in [2.24, 2.45) is 0 Å². The minimum atomic E-state index is 0.0592. The number of pyridine rings is 1. The molecule has 1 N–H and O–H groups in total. The van der Waals surface area contributed by atoms with Crippen molar-refractivity contribution in [1.82, 2.24) is 10.3 Å². The Morgan fingerprint density at radius 2 is 1.82 bits per heavy atom. The van der Waals surface area contributed by atoms with Gasteiger partial charge in [-0.25, -0.2) is 0 Å². The number of nitrogens with one attached hydrogen (secondary N) is 1. The molecule has 0 radical (unpaired) electrons. The average Bonchev–Trinajstić information content (AvgIpc) is 2.57. The maximum Gasteiger partial charge on any atom is 0.0475 e. The zero-order valence-electron chi connectivity index (χ0n) is 12.6. The number of aromatic nitrogens is 1. The summed E-state index contributed by atoms with van der Waals surface area (Å²) in [5.41, 5.74) is 2.54. The first-order valence-electron chi connectivity index (χ1n) is 7.73. The lowest BCUT2D eigenvalue weighted by atomic mass is 9.74. The fourth-order valence-corrected chi connectivity index (χ4v) is 3.48. The maximum absolute atomic E-state index is 6.47. The van der Waals surface area contributed by atoms with Gasteiger partial charge in [0.25, 0.3) is 0 Å². The van der Waals surface area contributed by atoms with Gasteiger partial charge in [0.15, 0.2) is 0 Å². The Balaban J connectivity index is 1.74. The fourth-order valence-electron chi connectivity index (χ4n) is 3.14. The first-order chi connectivity index (χ1) is 10.8. The maximum atomic E-state index is 6.47. The van der Waals surface area contributed by atoms with Crippen LogP contribution in [0.2, 0.25) is 5.02 Å². The molecule has 3 nitrogen and oxygen atoms in total. The van der Waals surface area contributed by atoms with Crippen LogP contribution in [0.5, 0.6) is 0 Å². The number of rotatable bonds is 5. The predicted molar refractivity (Wildman–Crippen MR) is 89.1 cm³/mol. The molecule has 1 fully saturated rings. The van der Waals surface area contributed by atoms with Crippen LogP contribution in [0.15, 0.2) is 48.8 Å². The van der Waals surface area contributed by atoms with Crippen molar-refractivity contribution in [3.05, 3.63) is 64.9 Å². The third-order valence-corrected chi connectivity index (χ3v) is 4.77. The first kappa shape index (κ1) is 15.5. The highest BCUT2D eigenvalue weighted by molar-refractivity contribution is 6.31. The number of benzene rings is 1. The Bertz CT molecular complexity index is 597. The van der Waals surface area contributed by atoms with E-state index in [-0.39, 0.29) is 5.41 Å². The molecular formula is C18H21ClN2O. The summed E-state index contributed by atoms with van der Waals surface area (Å²) in [5, 5.41) is 4.45. The van der Waals surface area contributed by atoms with Gasteiger partial charge < -0.3 is 10.1 Å². The molecule has 116 valence electrons. The molecule has 0 spiro atoms.